The Morgan fingerprint density at radius 1 is 1.21 bits per heavy atom. The molecule has 0 atom stereocenters. The number of rotatable bonds is 1. The van der Waals surface area contributed by atoms with Gasteiger partial charge in [-0.2, -0.15) is 0 Å². The van der Waals surface area contributed by atoms with Crippen LogP contribution >= 0.6 is 0 Å². The fourth-order valence-electron chi connectivity index (χ4n) is 2.22. The second-order valence-corrected chi connectivity index (χ2v) is 4.19. The van der Waals surface area contributed by atoms with Crippen LogP contribution in [0.5, 0.6) is 0 Å². The maximum atomic E-state index is 11.2. The molecular formula is C12H16O2. The average molecular weight is 192 g/mol. The van der Waals surface area contributed by atoms with E-state index in [0.717, 1.165) is 11.3 Å². The van der Waals surface area contributed by atoms with Crippen molar-refractivity contribution in [2.24, 2.45) is 0 Å². The van der Waals surface area contributed by atoms with Crippen LogP contribution in [-0.2, 0) is 0 Å². The molecule has 0 bridgehead atoms. The summed E-state index contributed by atoms with van der Waals surface area (Å²) in [7, 11) is 0. The Morgan fingerprint density at radius 3 is 2.57 bits per heavy atom. The predicted octanol–water partition coefficient (Wildman–Crippen LogP) is 3.00. The second-order valence-electron chi connectivity index (χ2n) is 4.19. The molecule has 1 heterocycles. The third-order valence-electron chi connectivity index (χ3n) is 2.94. The smallest absolute Gasteiger partial charge is 0.336 e. The van der Waals surface area contributed by atoms with E-state index in [1.807, 2.05) is 13.0 Å². The van der Waals surface area contributed by atoms with E-state index in [0.29, 0.717) is 5.92 Å². The van der Waals surface area contributed by atoms with Crippen molar-refractivity contribution in [1.82, 2.24) is 0 Å². The summed E-state index contributed by atoms with van der Waals surface area (Å²) >= 11 is 0. The van der Waals surface area contributed by atoms with Crippen molar-refractivity contribution >= 4 is 0 Å². The molecule has 0 unspecified atom stereocenters. The van der Waals surface area contributed by atoms with Crippen molar-refractivity contribution in [3.05, 3.63) is 33.9 Å². The van der Waals surface area contributed by atoms with Crippen molar-refractivity contribution in [1.29, 1.82) is 0 Å². The van der Waals surface area contributed by atoms with Crippen molar-refractivity contribution < 1.29 is 4.42 Å². The van der Waals surface area contributed by atoms with E-state index in [9.17, 15) is 4.79 Å². The summed E-state index contributed by atoms with van der Waals surface area (Å²) in [5.41, 5.74) is 0.812. The van der Waals surface area contributed by atoms with Crippen molar-refractivity contribution in [2.75, 3.05) is 0 Å². The topological polar surface area (TPSA) is 30.2 Å². The number of hydrogen-bond acceptors (Lipinski definition) is 2. The minimum atomic E-state index is -0.203. The largest absolute Gasteiger partial charge is 0.428 e. The van der Waals surface area contributed by atoms with E-state index in [2.05, 4.69) is 0 Å². The molecule has 0 saturated heterocycles. The summed E-state index contributed by atoms with van der Waals surface area (Å²) in [5.74, 6) is 1.38. The molecule has 1 saturated carbocycles. The fourth-order valence-corrected chi connectivity index (χ4v) is 2.22. The monoisotopic (exact) mass is 192 g/mol. The predicted molar refractivity (Wildman–Crippen MR) is 55.5 cm³/mol. The Balaban J connectivity index is 2.26. The van der Waals surface area contributed by atoms with Gasteiger partial charge >= 0.3 is 5.63 Å². The first-order valence-electron chi connectivity index (χ1n) is 5.37. The van der Waals surface area contributed by atoms with Crippen LogP contribution in [0.2, 0.25) is 0 Å². The zero-order valence-electron chi connectivity index (χ0n) is 8.58. The first kappa shape index (κ1) is 9.50. The molecule has 1 aromatic rings. The number of hydrogen-bond donors (Lipinski definition) is 0. The summed E-state index contributed by atoms with van der Waals surface area (Å²) in [5, 5.41) is 0. The minimum Gasteiger partial charge on any atom is -0.428 e. The second kappa shape index (κ2) is 3.99. The van der Waals surface area contributed by atoms with Crippen LogP contribution in [-0.4, -0.2) is 0 Å². The normalized spacial score (nSPS) is 18.4. The Labute approximate surface area is 83.9 Å². The van der Waals surface area contributed by atoms with Gasteiger partial charge in [0.15, 0.2) is 0 Å². The molecular weight excluding hydrogens is 176 g/mol. The molecule has 1 aromatic heterocycles. The molecule has 2 heteroatoms. The number of aryl methyl sites for hydroxylation is 1. The van der Waals surface area contributed by atoms with Crippen LogP contribution < -0.4 is 5.63 Å². The molecule has 0 aliphatic heterocycles. The van der Waals surface area contributed by atoms with Gasteiger partial charge in [0.2, 0.25) is 0 Å². The van der Waals surface area contributed by atoms with Gasteiger partial charge in [0, 0.05) is 12.0 Å². The van der Waals surface area contributed by atoms with E-state index in [-0.39, 0.29) is 5.63 Å². The van der Waals surface area contributed by atoms with Crippen LogP contribution in [0.4, 0.5) is 0 Å². The maximum Gasteiger partial charge on any atom is 0.336 e. The van der Waals surface area contributed by atoms with Crippen LogP contribution in [0.15, 0.2) is 21.3 Å². The lowest BCUT2D eigenvalue weighted by Crippen LogP contribution is -2.08. The molecule has 1 aliphatic carbocycles. The first-order chi connectivity index (χ1) is 6.75. The zero-order chi connectivity index (χ0) is 9.97. The Kier molecular flexibility index (Phi) is 2.71. The minimum absolute atomic E-state index is 0.203. The lowest BCUT2D eigenvalue weighted by Gasteiger charge is -2.20. The summed E-state index contributed by atoms with van der Waals surface area (Å²) in [6, 6.07) is 3.56. The third-order valence-corrected chi connectivity index (χ3v) is 2.94. The average Bonchev–Trinajstić information content (AvgIpc) is 2.18. The van der Waals surface area contributed by atoms with Gasteiger partial charge in [-0.3, -0.25) is 0 Å². The van der Waals surface area contributed by atoms with Crippen molar-refractivity contribution in [2.45, 2.75) is 44.9 Å². The van der Waals surface area contributed by atoms with Gasteiger partial charge in [-0.05, 0) is 31.4 Å². The Bertz CT molecular complexity index is 359. The summed E-state index contributed by atoms with van der Waals surface area (Å²) < 4.78 is 5.24. The highest BCUT2D eigenvalue weighted by Gasteiger charge is 2.17. The highest BCUT2D eigenvalue weighted by Crippen LogP contribution is 2.32. The van der Waals surface area contributed by atoms with Gasteiger partial charge in [0.25, 0.3) is 0 Å². The van der Waals surface area contributed by atoms with Crippen LogP contribution in [0.1, 0.15) is 49.3 Å². The zero-order valence-corrected chi connectivity index (χ0v) is 8.58. The molecule has 1 aliphatic rings. The molecule has 0 N–H and O–H groups in total. The van der Waals surface area contributed by atoms with E-state index in [1.165, 1.54) is 32.1 Å². The van der Waals surface area contributed by atoms with Gasteiger partial charge < -0.3 is 4.42 Å². The molecule has 2 nitrogen and oxygen atoms in total. The standard InChI is InChI=1S/C12H16O2/c1-9-7-11(14-12(13)8-9)10-5-3-2-4-6-10/h7-8,10H,2-6H2,1H3. The van der Waals surface area contributed by atoms with Crippen molar-refractivity contribution in [3.63, 3.8) is 0 Å². The Morgan fingerprint density at radius 2 is 1.93 bits per heavy atom. The van der Waals surface area contributed by atoms with Crippen LogP contribution in [0, 0.1) is 6.92 Å². The van der Waals surface area contributed by atoms with Gasteiger partial charge in [0.05, 0.1) is 0 Å². The molecule has 76 valence electrons. The highest BCUT2D eigenvalue weighted by atomic mass is 16.4. The molecule has 0 aromatic carbocycles. The lowest BCUT2D eigenvalue weighted by atomic mass is 9.87. The van der Waals surface area contributed by atoms with E-state index < -0.39 is 0 Å². The lowest BCUT2D eigenvalue weighted by molar-refractivity contribution is 0.354. The van der Waals surface area contributed by atoms with Gasteiger partial charge in [-0.15, -0.1) is 0 Å². The third kappa shape index (κ3) is 2.06. The summed E-state index contributed by atoms with van der Waals surface area (Å²) in [4.78, 5) is 11.2. The SMILES string of the molecule is Cc1cc(C2CCCCC2)oc(=O)c1. The fraction of sp³-hybridized carbons (Fsp3) is 0.583. The molecule has 14 heavy (non-hydrogen) atoms. The van der Waals surface area contributed by atoms with Crippen molar-refractivity contribution in [3.8, 4) is 0 Å². The van der Waals surface area contributed by atoms with Crippen LogP contribution in [0.25, 0.3) is 0 Å². The highest BCUT2D eigenvalue weighted by molar-refractivity contribution is 5.15. The Hall–Kier alpha value is -1.05. The first-order valence-corrected chi connectivity index (χ1v) is 5.37. The molecule has 0 amide bonds. The van der Waals surface area contributed by atoms with E-state index >= 15 is 0 Å². The molecule has 0 radical (unpaired) electrons. The molecule has 1 fully saturated rings. The van der Waals surface area contributed by atoms with Gasteiger partial charge in [0.1, 0.15) is 5.76 Å². The summed E-state index contributed by atoms with van der Waals surface area (Å²) in [6.45, 7) is 1.95. The quantitative estimate of drug-likeness (QED) is 0.684. The van der Waals surface area contributed by atoms with Gasteiger partial charge in [-0.1, -0.05) is 19.3 Å². The molecule has 2 rings (SSSR count). The maximum absolute atomic E-state index is 11.2. The van der Waals surface area contributed by atoms with E-state index in [1.54, 1.807) is 6.07 Å². The van der Waals surface area contributed by atoms with E-state index in [4.69, 9.17) is 4.42 Å². The van der Waals surface area contributed by atoms with Crippen LogP contribution in [0.3, 0.4) is 0 Å². The molecule has 0 spiro atoms. The van der Waals surface area contributed by atoms with Gasteiger partial charge in [-0.25, -0.2) is 4.79 Å². The summed E-state index contributed by atoms with van der Waals surface area (Å²) in [6.07, 6.45) is 6.20.